The number of fused-ring (bicyclic) bond motifs is 1. The molecule has 0 radical (unpaired) electrons. The fourth-order valence-electron chi connectivity index (χ4n) is 5.24. The van der Waals surface area contributed by atoms with Crippen molar-refractivity contribution in [1.29, 1.82) is 0 Å². The van der Waals surface area contributed by atoms with Crippen LogP contribution in [-0.2, 0) is 26.2 Å². The average molecular weight is 579 g/mol. The van der Waals surface area contributed by atoms with Crippen molar-refractivity contribution in [2.24, 2.45) is 0 Å². The number of carbonyl (C=O) groups is 1. The zero-order chi connectivity index (χ0) is 29.1. The van der Waals surface area contributed by atoms with E-state index in [0.717, 1.165) is 36.2 Å². The van der Waals surface area contributed by atoms with Crippen LogP contribution in [0.25, 0.3) is 22.5 Å². The average Bonchev–Trinajstić information content (AvgIpc) is 3.46. The number of nitrogens with zero attached hydrogens (tertiary/aromatic N) is 2. The molecule has 2 heterocycles. The van der Waals surface area contributed by atoms with Gasteiger partial charge in [0.2, 0.25) is 0 Å². The number of benzene rings is 4. The van der Waals surface area contributed by atoms with Crippen LogP contribution in [0.15, 0.2) is 95.5 Å². The van der Waals surface area contributed by atoms with Gasteiger partial charge in [-0.05, 0) is 47.4 Å². The minimum atomic E-state index is -0.182. The number of likely N-dealkylation sites (N-methyl/N-ethyl adjacent to an activating group) is 1. The predicted octanol–water partition coefficient (Wildman–Crippen LogP) is 8.01. The van der Waals surface area contributed by atoms with Gasteiger partial charge in [-0.25, -0.2) is 0 Å². The third-order valence-electron chi connectivity index (χ3n) is 7.48. The summed E-state index contributed by atoms with van der Waals surface area (Å²) in [6, 6.07) is 29.7. The molecule has 0 N–H and O–H groups in total. The lowest BCUT2D eigenvalue weighted by Gasteiger charge is -2.25. The summed E-state index contributed by atoms with van der Waals surface area (Å²) in [7, 11) is 2.12. The molecule has 0 unspecified atom stereocenters. The van der Waals surface area contributed by atoms with Crippen molar-refractivity contribution in [3.63, 3.8) is 0 Å². The molecular weight excluding hydrogens is 548 g/mol. The Morgan fingerprint density at radius 3 is 2.21 bits per heavy atom. The summed E-state index contributed by atoms with van der Waals surface area (Å²) in [6.45, 7) is 4.04. The molecule has 4 aromatic carbocycles. The maximum atomic E-state index is 12.7. The van der Waals surface area contributed by atoms with Crippen LogP contribution < -0.4 is 9.47 Å². The van der Waals surface area contributed by atoms with E-state index in [4.69, 9.17) is 25.6 Å². The first kappa shape index (κ1) is 27.8. The second-order valence-corrected chi connectivity index (χ2v) is 11.0. The first-order chi connectivity index (χ1) is 20.5. The summed E-state index contributed by atoms with van der Waals surface area (Å²) in [5.41, 5.74) is 6.93. The molecule has 212 valence electrons. The number of hydrogen-bond acceptors (Lipinski definition) is 6. The fourth-order valence-corrected chi connectivity index (χ4v) is 5.46. The van der Waals surface area contributed by atoms with Gasteiger partial charge in [0.05, 0.1) is 16.1 Å². The summed E-state index contributed by atoms with van der Waals surface area (Å²) in [6.07, 6.45) is 0.931. The molecule has 7 heteroatoms. The Bertz CT molecular complexity index is 1720. The Kier molecular flexibility index (Phi) is 8.08. The summed E-state index contributed by atoms with van der Waals surface area (Å²) < 4.78 is 18.4. The van der Waals surface area contributed by atoms with Gasteiger partial charge in [0.15, 0.2) is 17.2 Å². The lowest BCUT2D eigenvalue weighted by atomic mass is 9.92. The molecule has 42 heavy (non-hydrogen) atoms. The zero-order valence-electron chi connectivity index (χ0n) is 23.6. The third-order valence-corrected chi connectivity index (χ3v) is 7.77. The molecule has 1 aromatic heterocycles. The van der Waals surface area contributed by atoms with Gasteiger partial charge in [-0.15, -0.1) is 0 Å². The summed E-state index contributed by atoms with van der Waals surface area (Å²) in [5.74, 6) is 1.24. The van der Waals surface area contributed by atoms with Crippen LogP contribution in [0.2, 0.25) is 5.02 Å². The Morgan fingerprint density at radius 1 is 0.881 bits per heavy atom. The summed E-state index contributed by atoms with van der Waals surface area (Å²) in [5, 5.41) is 4.61. The third kappa shape index (κ3) is 5.96. The number of halogens is 1. The molecule has 0 saturated heterocycles. The maximum Gasteiger partial charge on any atom is 0.182 e. The molecule has 6 nitrogen and oxygen atoms in total. The molecule has 0 atom stereocenters. The van der Waals surface area contributed by atoms with Gasteiger partial charge in [-0.2, -0.15) is 0 Å². The zero-order valence-corrected chi connectivity index (χ0v) is 24.4. The summed E-state index contributed by atoms with van der Waals surface area (Å²) in [4.78, 5) is 15.0. The predicted molar refractivity (Wildman–Crippen MR) is 164 cm³/mol. The normalized spacial score (nSPS) is 13.0. The molecule has 0 fully saturated rings. The van der Waals surface area contributed by atoms with E-state index in [-0.39, 0.29) is 11.5 Å². The van der Waals surface area contributed by atoms with Crippen molar-refractivity contribution in [3.05, 3.63) is 124 Å². The standard InChI is InChI=1S/C35H31ClN2O4/c1-23(39)34-33(27-13-14-28-20-38(2)16-15-26(28)17-27)35(42-37-34)29-18-30(36)32(41-22-25-11-7-4-8-12-25)19-31(29)40-21-24-9-5-3-6-10-24/h3-14,17-19H,15-16,20-22H2,1-2H3. The molecule has 5 aromatic rings. The number of hydrogen-bond donors (Lipinski definition) is 0. The van der Waals surface area contributed by atoms with Gasteiger partial charge in [0.1, 0.15) is 24.7 Å². The SMILES string of the molecule is CC(=O)c1noc(-c2cc(Cl)c(OCc3ccccc3)cc2OCc2ccccc2)c1-c1ccc2c(c1)CCN(C)C2. The van der Waals surface area contributed by atoms with Gasteiger partial charge < -0.3 is 18.9 Å². The van der Waals surface area contributed by atoms with Crippen LogP contribution in [0.3, 0.4) is 0 Å². The molecular formula is C35H31ClN2O4. The number of rotatable bonds is 9. The van der Waals surface area contributed by atoms with Crippen LogP contribution in [0, 0.1) is 0 Å². The Labute approximate surface area is 250 Å². The molecule has 0 saturated carbocycles. The topological polar surface area (TPSA) is 64.8 Å². The van der Waals surface area contributed by atoms with E-state index in [1.807, 2.05) is 66.7 Å². The highest BCUT2D eigenvalue weighted by molar-refractivity contribution is 6.32. The quantitative estimate of drug-likeness (QED) is 0.165. The minimum Gasteiger partial charge on any atom is -0.488 e. The molecule has 0 amide bonds. The molecule has 1 aliphatic heterocycles. The number of carbonyl (C=O) groups excluding carboxylic acids is 1. The van der Waals surface area contributed by atoms with E-state index >= 15 is 0 Å². The molecule has 0 spiro atoms. The van der Waals surface area contributed by atoms with Crippen LogP contribution >= 0.6 is 11.6 Å². The second-order valence-electron chi connectivity index (χ2n) is 10.6. The van der Waals surface area contributed by atoms with Gasteiger partial charge in [0.25, 0.3) is 0 Å². The van der Waals surface area contributed by atoms with Gasteiger partial charge in [-0.3, -0.25) is 4.79 Å². The van der Waals surface area contributed by atoms with Crippen LogP contribution in [-0.4, -0.2) is 29.4 Å². The fraction of sp³-hybridized carbons (Fsp3) is 0.200. The van der Waals surface area contributed by atoms with Crippen LogP contribution in [0.5, 0.6) is 11.5 Å². The van der Waals surface area contributed by atoms with Crippen molar-refractivity contribution in [1.82, 2.24) is 10.1 Å². The van der Waals surface area contributed by atoms with Crippen LogP contribution in [0.4, 0.5) is 0 Å². The maximum absolute atomic E-state index is 12.7. The van der Waals surface area contributed by atoms with Crippen molar-refractivity contribution in [2.75, 3.05) is 13.6 Å². The van der Waals surface area contributed by atoms with E-state index in [1.165, 1.54) is 18.1 Å². The Hall–Kier alpha value is -4.39. The van der Waals surface area contributed by atoms with E-state index in [1.54, 1.807) is 12.1 Å². The lowest BCUT2D eigenvalue weighted by Crippen LogP contribution is -2.26. The smallest absolute Gasteiger partial charge is 0.182 e. The molecule has 1 aliphatic rings. The molecule has 0 aliphatic carbocycles. The monoisotopic (exact) mass is 578 g/mol. The van der Waals surface area contributed by atoms with E-state index in [2.05, 4.69) is 29.2 Å². The highest BCUT2D eigenvalue weighted by Crippen LogP contribution is 2.44. The van der Waals surface area contributed by atoms with Crippen molar-refractivity contribution < 1.29 is 18.8 Å². The minimum absolute atomic E-state index is 0.182. The highest BCUT2D eigenvalue weighted by atomic mass is 35.5. The number of ketones is 1. The van der Waals surface area contributed by atoms with Crippen LogP contribution in [0.1, 0.15) is 39.7 Å². The van der Waals surface area contributed by atoms with Crippen molar-refractivity contribution >= 4 is 17.4 Å². The van der Waals surface area contributed by atoms with E-state index < -0.39 is 0 Å². The highest BCUT2D eigenvalue weighted by Gasteiger charge is 2.27. The summed E-state index contributed by atoms with van der Waals surface area (Å²) >= 11 is 6.80. The van der Waals surface area contributed by atoms with E-state index in [0.29, 0.717) is 46.6 Å². The Balaban J connectivity index is 1.43. The van der Waals surface area contributed by atoms with Crippen molar-refractivity contribution in [3.8, 4) is 33.9 Å². The molecule has 0 bridgehead atoms. The van der Waals surface area contributed by atoms with Gasteiger partial charge in [-0.1, -0.05) is 95.6 Å². The van der Waals surface area contributed by atoms with Crippen molar-refractivity contribution in [2.45, 2.75) is 33.1 Å². The first-order valence-corrected chi connectivity index (χ1v) is 14.3. The largest absolute Gasteiger partial charge is 0.488 e. The first-order valence-electron chi connectivity index (χ1n) is 13.9. The number of Topliss-reactive ketones (excluding diaryl/α,β-unsaturated/α-hetero) is 1. The number of aromatic nitrogens is 1. The number of ether oxygens (including phenoxy) is 2. The lowest BCUT2D eigenvalue weighted by molar-refractivity contribution is 0.101. The van der Waals surface area contributed by atoms with Gasteiger partial charge in [0, 0.05) is 26.1 Å². The molecule has 6 rings (SSSR count). The second kappa shape index (κ2) is 12.2. The Morgan fingerprint density at radius 2 is 1.55 bits per heavy atom. The van der Waals surface area contributed by atoms with Gasteiger partial charge >= 0.3 is 0 Å². The van der Waals surface area contributed by atoms with E-state index in [9.17, 15) is 4.79 Å².